The molecule has 128 valence electrons. The lowest BCUT2D eigenvalue weighted by Crippen LogP contribution is -2.13. The second kappa shape index (κ2) is 6.80. The highest BCUT2D eigenvalue weighted by Crippen LogP contribution is 2.33. The fourth-order valence-corrected chi connectivity index (χ4v) is 3.41. The zero-order chi connectivity index (χ0) is 17.2. The predicted octanol–water partition coefficient (Wildman–Crippen LogP) is 3.74. The molecule has 0 atom stereocenters. The topological polar surface area (TPSA) is 64.6 Å². The summed E-state index contributed by atoms with van der Waals surface area (Å²) < 4.78 is 10.6. The Hall–Kier alpha value is -2.47. The Labute approximate surface area is 149 Å². The van der Waals surface area contributed by atoms with Gasteiger partial charge < -0.3 is 14.8 Å². The van der Waals surface area contributed by atoms with E-state index in [0.717, 1.165) is 23.4 Å². The van der Waals surface area contributed by atoms with Crippen molar-refractivity contribution in [1.29, 1.82) is 0 Å². The highest BCUT2D eigenvalue weighted by Gasteiger charge is 2.29. The molecule has 0 bridgehead atoms. The molecule has 0 spiro atoms. The Morgan fingerprint density at radius 3 is 2.76 bits per heavy atom. The van der Waals surface area contributed by atoms with Crippen LogP contribution in [0.25, 0.3) is 0 Å². The molecule has 0 aromatic heterocycles. The number of benzene rings is 2. The number of ketones is 1. The van der Waals surface area contributed by atoms with Crippen LogP contribution in [0, 0.1) is 5.92 Å². The second-order valence-electron chi connectivity index (χ2n) is 6.07. The lowest BCUT2D eigenvalue weighted by Gasteiger charge is -2.07. The molecule has 1 N–H and O–H groups in total. The van der Waals surface area contributed by atoms with Crippen LogP contribution in [0.15, 0.2) is 47.4 Å². The Bertz CT molecular complexity index is 832. The third-order valence-corrected chi connectivity index (χ3v) is 5.11. The molecule has 0 saturated heterocycles. The van der Waals surface area contributed by atoms with Gasteiger partial charge in [-0.2, -0.15) is 0 Å². The summed E-state index contributed by atoms with van der Waals surface area (Å²) in [5.74, 6) is 1.88. The van der Waals surface area contributed by atoms with Crippen molar-refractivity contribution in [3.05, 3.63) is 48.0 Å². The van der Waals surface area contributed by atoms with Crippen molar-refractivity contribution in [2.75, 3.05) is 17.9 Å². The van der Waals surface area contributed by atoms with Crippen molar-refractivity contribution in [1.82, 2.24) is 0 Å². The minimum absolute atomic E-state index is 0.0238. The van der Waals surface area contributed by atoms with Crippen molar-refractivity contribution >= 4 is 29.1 Å². The lowest BCUT2D eigenvalue weighted by atomic mass is 10.1. The van der Waals surface area contributed by atoms with E-state index in [-0.39, 0.29) is 24.4 Å². The first-order valence-corrected chi connectivity index (χ1v) is 9.14. The number of carbonyl (C=O) groups excluding carboxylic acids is 2. The zero-order valence-electron chi connectivity index (χ0n) is 13.5. The average Bonchev–Trinajstić information content (AvgIpc) is 3.37. The number of hydrogen-bond acceptors (Lipinski definition) is 5. The number of anilines is 1. The van der Waals surface area contributed by atoms with Crippen LogP contribution in [0.5, 0.6) is 11.5 Å². The van der Waals surface area contributed by atoms with E-state index in [1.807, 2.05) is 24.3 Å². The van der Waals surface area contributed by atoms with E-state index in [1.54, 1.807) is 18.2 Å². The van der Waals surface area contributed by atoms with E-state index in [4.69, 9.17) is 9.47 Å². The average molecular weight is 355 g/mol. The SMILES string of the molecule is O=C(CSc1cccc(NC(=O)C2CC2)c1)c1ccc2c(c1)OCO2. The summed E-state index contributed by atoms with van der Waals surface area (Å²) in [4.78, 5) is 25.2. The summed E-state index contributed by atoms with van der Waals surface area (Å²) in [6.45, 7) is 0.196. The summed E-state index contributed by atoms with van der Waals surface area (Å²) in [5, 5.41) is 2.92. The van der Waals surface area contributed by atoms with E-state index < -0.39 is 0 Å². The maximum absolute atomic E-state index is 12.4. The largest absolute Gasteiger partial charge is 0.454 e. The fourth-order valence-electron chi connectivity index (χ4n) is 2.56. The van der Waals surface area contributed by atoms with Gasteiger partial charge in [0.2, 0.25) is 12.7 Å². The van der Waals surface area contributed by atoms with Crippen LogP contribution in [0.3, 0.4) is 0 Å². The summed E-state index contributed by atoms with van der Waals surface area (Å²) in [5.41, 5.74) is 1.38. The summed E-state index contributed by atoms with van der Waals surface area (Å²) in [7, 11) is 0. The molecule has 1 aliphatic heterocycles. The van der Waals surface area contributed by atoms with Gasteiger partial charge in [-0.25, -0.2) is 0 Å². The first kappa shape index (κ1) is 16.0. The van der Waals surface area contributed by atoms with E-state index in [9.17, 15) is 9.59 Å². The molecule has 1 saturated carbocycles. The van der Waals surface area contributed by atoms with Gasteiger partial charge in [0.25, 0.3) is 0 Å². The third kappa shape index (κ3) is 3.79. The number of carbonyl (C=O) groups is 2. The highest BCUT2D eigenvalue weighted by molar-refractivity contribution is 8.00. The molecule has 5 nitrogen and oxygen atoms in total. The number of ether oxygens (including phenoxy) is 2. The Balaban J connectivity index is 1.37. The second-order valence-corrected chi connectivity index (χ2v) is 7.12. The number of hydrogen-bond donors (Lipinski definition) is 1. The number of nitrogens with one attached hydrogen (secondary N) is 1. The molecule has 4 rings (SSSR count). The van der Waals surface area contributed by atoms with Crippen LogP contribution in [-0.2, 0) is 4.79 Å². The van der Waals surface area contributed by atoms with Crippen LogP contribution in [0.1, 0.15) is 23.2 Å². The lowest BCUT2D eigenvalue weighted by molar-refractivity contribution is -0.117. The van der Waals surface area contributed by atoms with Crippen molar-refractivity contribution in [2.45, 2.75) is 17.7 Å². The van der Waals surface area contributed by atoms with Crippen molar-refractivity contribution in [3.63, 3.8) is 0 Å². The van der Waals surface area contributed by atoms with E-state index in [2.05, 4.69) is 5.32 Å². The molecule has 25 heavy (non-hydrogen) atoms. The summed E-state index contributed by atoms with van der Waals surface area (Å²) >= 11 is 1.45. The molecule has 1 heterocycles. The van der Waals surface area contributed by atoms with Gasteiger partial charge in [0.15, 0.2) is 17.3 Å². The molecule has 0 unspecified atom stereocenters. The predicted molar refractivity (Wildman–Crippen MR) is 95.4 cm³/mol. The fraction of sp³-hybridized carbons (Fsp3) is 0.263. The monoisotopic (exact) mass is 355 g/mol. The van der Waals surface area contributed by atoms with Gasteiger partial charge in [-0.15, -0.1) is 11.8 Å². The number of thioether (sulfide) groups is 1. The van der Waals surface area contributed by atoms with E-state index in [0.29, 0.717) is 22.8 Å². The number of rotatable bonds is 6. The molecule has 2 aliphatic rings. The Morgan fingerprint density at radius 2 is 1.92 bits per heavy atom. The van der Waals surface area contributed by atoms with Crippen LogP contribution < -0.4 is 14.8 Å². The van der Waals surface area contributed by atoms with Crippen molar-refractivity contribution < 1.29 is 19.1 Å². The van der Waals surface area contributed by atoms with Crippen LogP contribution in [-0.4, -0.2) is 24.2 Å². The van der Waals surface area contributed by atoms with Crippen LogP contribution >= 0.6 is 11.8 Å². The van der Waals surface area contributed by atoms with Gasteiger partial charge in [-0.1, -0.05) is 6.07 Å². The van der Waals surface area contributed by atoms with Crippen molar-refractivity contribution in [2.24, 2.45) is 5.92 Å². The van der Waals surface area contributed by atoms with Gasteiger partial charge in [0.05, 0.1) is 5.75 Å². The first-order valence-electron chi connectivity index (χ1n) is 8.15. The van der Waals surface area contributed by atoms with Gasteiger partial charge in [0, 0.05) is 22.1 Å². The molecule has 2 aromatic carbocycles. The minimum Gasteiger partial charge on any atom is -0.454 e. The number of Topliss-reactive ketones (excluding diaryl/α,β-unsaturated/α-hetero) is 1. The summed E-state index contributed by atoms with van der Waals surface area (Å²) in [6.07, 6.45) is 1.95. The smallest absolute Gasteiger partial charge is 0.231 e. The number of fused-ring (bicyclic) bond motifs is 1. The standard InChI is InChI=1S/C19H17NO4S/c21-16(13-6-7-17-18(8-13)24-11-23-17)10-25-15-3-1-2-14(9-15)20-19(22)12-4-5-12/h1-3,6-9,12H,4-5,10-11H2,(H,20,22). The van der Waals surface area contributed by atoms with Crippen LogP contribution in [0.4, 0.5) is 5.69 Å². The molecule has 6 heteroatoms. The molecule has 1 amide bonds. The molecular weight excluding hydrogens is 338 g/mol. The Kier molecular flexibility index (Phi) is 4.36. The normalized spacial score (nSPS) is 15.0. The molecule has 2 aromatic rings. The molecule has 1 aliphatic carbocycles. The van der Waals surface area contributed by atoms with Crippen molar-refractivity contribution in [3.8, 4) is 11.5 Å². The number of amides is 1. The van der Waals surface area contributed by atoms with Crippen LogP contribution in [0.2, 0.25) is 0 Å². The van der Waals surface area contributed by atoms with Gasteiger partial charge >= 0.3 is 0 Å². The van der Waals surface area contributed by atoms with E-state index >= 15 is 0 Å². The first-order chi connectivity index (χ1) is 12.2. The van der Waals surface area contributed by atoms with Gasteiger partial charge in [-0.05, 0) is 49.2 Å². The summed E-state index contributed by atoms with van der Waals surface area (Å²) in [6, 6.07) is 12.8. The van der Waals surface area contributed by atoms with E-state index in [1.165, 1.54) is 11.8 Å². The molecule has 0 radical (unpaired) electrons. The maximum Gasteiger partial charge on any atom is 0.231 e. The minimum atomic E-state index is 0.0238. The van der Waals surface area contributed by atoms with Gasteiger partial charge in [-0.3, -0.25) is 9.59 Å². The maximum atomic E-state index is 12.4. The Morgan fingerprint density at radius 1 is 1.08 bits per heavy atom. The molecule has 1 fully saturated rings. The highest BCUT2D eigenvalue weighted by atomic mass is 32.2. The quantitative estimate of drug-likeness (QED) is 0.632. The van der Waals surface area contributed by atoms with Gasteiger partial charge in [0.1, 0.15) is 0 Å². The molecular formula is C19H17NO4S. The third-order valence-electron chi connectivity index (χ3n) is 4.11. The zero-order valence-corrected chi connectivity index (χ0v) is 14.3.